The van der Waals surface area contributed by atoms with Crippen molar-refractivity contribution in [2.24, 2.45) is 5.73 Å². The van der Waals surface area contributed by atoms with Crippen molar-refractivity contribution in [3.05, 3.63) is 48.0 Å². The number of hydrogen-bond donors (Lipinski definition) is 2. The van der Waals surface area contributed by atoms with Gasteiger partial charge in [-0.05, 0) is 12.5 Å². The van der Waals surface area contributed by atoms with Crippen molar-refractivity contribution in [2.75, 3.05) is 13.1 Å². The molecule has 14 heavy (non-hydrogen) atoms. The largest absolute Gasteiger partial charge is 0.329 e. The molecule has 1 rings (SSSR count). The van der Waals surface area contributed by atoms with Gasteiger partial charge in [-0.25, -0.2) is 0 Å². The van der Waals surface area contributed by atoms with E-state index >= 15 is 0 Å². The van der Waals surface area contributed by atoms with Crippen LogP contribution < -0.4 is 11.1 Å². The van der Waals surface area contributed by atoms with E-state index in [-0.39, 0.29) is 6.04 Å². The van der Waals surface area contributed by atoms with E-state index in [4.69, 9.17) is 5.73 Å². The fourth-order valence-corrected chi connectivity index (χ4v) is 1.45. The van der Waals surface area contributed by atoms with E-state index in [9.17, 15) is 0 Å². The van der Waals surface area contributed by atoms with Crippen LogP contribution in [0.25, 0.3) is 0 Å². The minimum absolute atomic E-state index is 0.230. The smallest absolute Gasteiger partial charge is 0.0447 e. The van der Waals surface area contributed by atoms with Crippen molar-refractivity contribution in [3.63, 3.8) is 0 Å². The van der Waals surface area contributed by atoms with Gasteiger partial charge in [0, 0.05) is 19.1 Å². The maximum atomic E-state index is 5.70. The number of hydrogen-bond acceptors (Lipinski definition) is 2. The van der Waals surface area contributed by atoms with Crippen LogP contribution in [-0.2, 0) is 0 Å². The lowest BCUT2D eigenvalue weighted by Gasteiger charge is -2.16. The van der Waals surface area contributed by atoms with Gasteiger partial charge in [-0.1, -0.05) is 35.9 Å². The van der Waals surface area contributed by atoms with Crippen molar-refractivity contribution < 1.29 is 0 Å². The molecule has 0 bridgehead atoms. The van der Waals surface area contributed by atoms with Crippen molar-refractivity contribution in [1.82, 2.24) is 5.32 Å². The number of rotatable bonds is 5. The highest BCUT2D eigenvalue weighted by atomic mass is 14.9. The first-order valence-corrected chi connectivity index (χ1v) is 4.89. The lowest BCUT2D eigenvalue weighted by molar-refractivity contribution is 0.577. The molecule has 2 heteroatoms. The summed E-state index contributed by atoms with van der Waals surface area (Å²) in [7, 11) is 0. The van der Waals surface area contributed by atoms with E-state index in [1.54, 1.807) is 0 Å². The summed E-state index contributed by atoms with van der Waals surface area (Å²) < 4.78 is 0. The van der Waals surface area contributed by atoms with Crippen LogP contribution in [0.3, 0.4) is 0 Å². The number of aryl methyl sites for hydroxylation is 1. The zero-order chi connectivity index (χ0) is 10.4. The maximum absolute atomic E-state index is 5.70. The van der Waals surface area contributed by atoms with Crippen molar-refractivity contribution >= 4 is 0 Å². The fraction of sp³-hybridized carbons (Fsp3) is 0.333. The summed E-state index contributed by atoms with van der Waals surface area (Å²) >= 11 is 0. The third-order valence-electron chi connectivity index (χ3n) is 2.19. The van der Waals surface area contributed by atoms with E-state index in [1.165, 1.54) is 11.1 Å². The van der Waals surface area contributed by atoms with Gasteiger partial charge < -0.3 is 11.1 Å². The highest BCUT2D eigenvalue weighted by Crippen LogP contribution is 2.12. The van der Waals surface area contributed by atoms with E-state index in [0.29, 0.717) is 6.54 Å². The van der Waals surface area contributed by atoms with Gasteiger partial charge in [-0.3, -0.25) is 0 Å². The van der Waals surface area contributed by atoms with Crippen LogP contribution in [0.2, 0.25) is 0 Å². The molecule has 1 aromatic carbocycles. The van der Waals surface area contributed by atoms with E-state index in [1.807, 2.05) is 6.08 Å². The van der Waals surface area contributed by atoms with Gasteiger partial charge in [-0.15, -0.1) is 6.58 Å². The van der Waals surface area contributed by atoms with Crippen LogP contribution in [-0.4, -0.2) is 13.1 Å². The zero-order valence-corrected chi connectivity index (χ0v) is 8.66. The second kappa shape index (κ2) is 5.58. The minimum Gasteiger partial charge on any atom is -0.329 e. The predicted octanol–water partition coefficient (Wildman–Crippen LogP) is 1.77. The summed E-state index contributed by atoms with van der Waals surface area (Å²) in [6, 6.07) is 8.63. The summed E-state index contributed by atoms with van der Waals surface area (Å²) in [6.07, 6.45) is 1.85. The molecule has 0 saturated carbocycles. The van der Waals surface area contributed by atoms with Crippen LogP contribution >= 0.6 is 0 Å². The molecule has 76 valence electrons. The van der Waals surface area contributed by atoms with Crippen molar-refractivity contribution in [3.8, 4) is 0 Å². The Labute approximate surface area is 85.8 Å². The van der Waals surface area contributed by atoms with Gasteiger partial charge in [0.2, 0.25) is 0 Å². The Morgan fingerprint density at radius 1 is 1.57 bits per heavy atom. The Bertz CT molecular complexity index is 294. The van der Waals surface area contributed by atoms with Gasteiger partial charge in [-0.2, -0.15) is 0 Å². The van der Waals surface area contributed by atoms with E-state index in [2.05, 4.69) is 43.1 Å². The molecule has 2 nitrogen and oxygen atoms in total. The Morgan fingerprint density at radius 3 is 2.93 bits per heavy atom. The van der Waals surface area contributed by atoms with Crippen molar-refractivity contribution in [1.29, 1.82) is 0 Å². The van der Waals surface area contributed by atoms with Crippen LogP contribution in [0.1, 0.15) is 17.2 Å². The molecule has 3 N–H and O–H groups in total. The first-order valence-electron chi connectivity index (χ1n) is 4.89. The molecular weight excluding hydrogens is 172 g/mol. The fourth-order valence-electron chi connectivity index (χ4n) is 1.45. The highest BCUT2D eigenvalue weighted by molar-refractivity contribution is 5.25. The van der Waals surface area contributed by atoms with Gasteiger partial charge in [0.15, 0.2) is 0 Å². The van der Waals surface area contributed by atoms with Crippen LogP contribution in [0.5, 0.6) is 0 Å². The van der Waals surface area contributed by atoms with Gasteiger partial charge in [0.05, 0.1) is 0 Å². The van der Waals surface area contributed by atoms with Crippen LogP contribution in [0.15, 0.2) is 36.9 Å². The summed E-state index contributed by atoms with van der Waals surface area (Å²) in [4.78, 5) is 0. The molecule has 0 saturated heterocycles. The predicted molar refractivity (Wildman–Crippen MR) is 61.2 cm³/mol. The standard InChI is InChI=1S/C12H18N2/c1-3-7-14-12(9-13)11-6-4-5-10(2)8-11/h3-6,8,12,14H,1,7,9,13H2,2H3. The Balaban J connectivity index is 2.72. The molecule has 0 radical (unpaired) electrons. The Morgan fingerprint density at radius 2 is 2.36 bits per heavy atom. The Hall–Kier alpha value is -1.12. The molecular formula is C12H18N2. The molecule has 0 aliphatic heterocycles. The molecule has 0 aliphatic carbocycles. The van der Waals surface area contributed by atoms with E-state index in [0.717, 1.165) is 6.54 Å². The third kappa shape index (κ3) is 2.98. The van der Waals surface area contributed by atoms with Gasteiger partial charge in [0.1, 0.15) is 0 Å². The first kappa shape index (κ1) is 11.0. The molecule has 0 fully saturated rings. The second-order valence-electron chi connectivity index (χ2n) is 3.40. The second-order valence-corrected chi connectivity index (χ2v) is 3.40. The lowest BCUT2D eigenvalue weighted by atomic mass is 10.0. The monoisotopic (exact) mass is 190 g/mol. The number of nitrogens with one attached hydrogen (secondary N) is 1. The highest BCUT2D eigenvalue weighted by Gasteiger charge is 2.06. The molecule has 0 heterocycles. The first-order chi connectivity index (χ1) is 6.77. The summed E-state index contributed by atoms with van der Waals surface area (Å²) in [5.74, 6) is 0. The van der Waals surface area contributed by atoms with Crippen LogP contribution in [0, 0.1) is 6.92 Å². The molecule has 0 aliphatic rings. The zero-order valence-electron chi connectivity index (χ0n) is 8.66. The third-order valence-corrected chi connectivity index (χ3v) is 2.19. The minimum atomic E-state index is 0.230. The topological polar surface area (TPSA) is 38.0 Å². The summed E-state index contributed by atoms with van der Waals surface area (Å²) in [5.41, 5.74) is 8.21. The summed E-state index contributed by atoms with van der Waals surface area (Å²) in [5, 5.41) is 3.32. The maximum Gasteiger partial charge on any atom is 0.0447 e. The molecule has 0 spiro atoms. The molecule has 0 amide bonds. The molecule has 0 aromatic heterocycles. The number of nitrogens with two attached hydrogens (primary N) is 1. The van der Waals surface area contributed by atoms with Crippen LogP contribution in [0.4, 0.5) is 0 Å². The van der Waals surface area contributed by atoms with Crippen molar-refractivity contribution in [2.45, 2.75) is 13.0 Å². The molecule has 1 unspecified atom stereocenters. The normalized spacial score (nSPS) is 12.4. The number of benzene rings is 1. The summed E-state index contributed by atoms with van der Waals surface area (Å²) in [6.45, 7) is 7.16. The average molecular weight is 190 g/mol. The quantitative estimate of drug-likeness (QED) is 0.694. The van der Waals surface area contributed by atoms with E-state index < -0.39 is 0 Å². The van der Waals surface area contributed by atoms with Gasteiger partial charge >= 0.3 is 0 Å². The lowest BCUT2D eigenvalue weighted by Crippen LogP contribution is -2.28. The Kier molecular flexibility index (Phi) is 4.36. The van der Waals surface area contributed by atoms with Gasteiger partial charge in [0.25, 0.3) is 0 Å². The molecule has 1 atom stereocenters. The SMILES string of the molecule is C=CCNC(CN)c1cccc(C)c1. The average Bonchev–Trinajstić information content (AvgIpc) is 2.19. The molecule has 1 aromatic rings.